The minimum atomic E-state index is -0.538. The first kappa shape index (κ1) is 16.0. The molecule has 7 heteroatoms. The molecule has 2 rings (SSSR count). The van der Waals surface area contributed by atoms with Gasteiger partial charge in [0.2, 0.25) is 5.88 Å². The molecule has 0 radical (unpaired) electrons. The van der Waals surface area contributed by atoms with Gasteiger partial charge in [-0.3, -0.25) is 4.79 Å². The van der Waals surface area contributed by atoms with Crippen molar-refractivity contribution in [1.82, 2.24) is 9.78 Å². The standard InChI is InChI=1S/C15H15ClN2O4/c1-9-13(14(20)10-4-6-11(16)7-5-10)15(18(2)17-9)22-8-12(19)21-3/h4-7H,8H2,1-3H3. The van der Waals surface area contributed by atoms with E-state index in [1.54, 1.807) is 38.2 Å². The molecular formula is C15H15ClN2O4. The highest BCUT2D eigenvalue weighted by Gasteiger charge is 2.23. The van der Waals surface area contributed by atoms with E-state index in [1.807, 2.05) is 0 Å². The van der Waals surface area contributed by atoms with Crippen LogP contribution in [0.5, 0.6) is 5.88 Å². The van der Waals surface area contributed by atoms with Crippen LogP contribution in [-0.4, -0.2) is 35.2 Å². The summed E-state index contributed by atoms with van der Waals surface area (Å²) >= 11 is 5.83. The number of rotatable bonds is 5. The minimum Gasteiger partial charge on any atom is -0.466 e. The van der Waals surface area contributed by atoms with Gasteiger partial charge in [-0.1, -0.05) is 11.6 Å². The number of hydrogen-bond donors (Lipinski definition) is 0. The zero-order valence-electron chi connectivity index (χ0n) is 12.4. The summed E-state index contributed by atoms with van der Waals surface area (Å²) in [6, 6.07) is 6.52. The van der Waals surface area contributed by atoms with E-state index in [9.17, 15) is 9.59 Å². The van der Waals surface area contributed by atoms with E-state index in [0.29, 0.717) is 21.8 Å². The van der Waals surface area contributed by atoms with Gasteiger partial charge in [-0.2, -0.15) is 5.10 Å². The Hall–Kier alpha value is -2.34. The normalized spacial score (nSPS) is 10.4. The van der Waals surface area contributed by atoms with E-state index in [4.69, 9.17) is 16.3 Å². The van der Waals surface area contributed by atoms with Gasteiger partial charge in [0, 0.05) is 17.6 Å². The van der Waals surface area contributed by atoms with Gasteiger partial charge in [0.1, 0.15) is 5.56 Å². The third-order valence-corrected chi connectivity index (χ3v) is 3.31. The van der Waals surface area contributed by atoms with Crippen molar-refractivity contribution in [2.75, 3.05) is 13.7 Å². The molecule has 0 spiro atoms. The van der Waals surface area contributed by atoms with Crippen LogP contribution in [0.3, 0.4) is 0 Å². The lowest BCUT2D eigenvalue weighted by Crippen LogP contribution is -2.16. The summed E-state index contributed by atoms with van der Waals surface area (Å²) in [6.45, 7) is 1.41. The Labute approximate surface area is 132 Å². The van der Waals surface area contributed by atoms with Gasteiger partial charge in [0.25, 0.3) is 0 Å². The summed E-state index contributed by atoms with van der Waals surface area (Å²) in [6.07, 6.45) is 0. The monoisotopic (exact) mass is 322 g/mol. The van der Waals surface area contributed by atoms with Crippen LogP contribution in [0.4, 0.5) is 0 Å². The van der Waals surface area contributed by atoms with Crippen LogP contribution in [0.1, 0.15) is 21.6 Å². The number of carbonyl (C=O) groups excluding carboxylic acids is 2. The van der Waals surface area contributed by atoms with Crippen molar-refractivity contribution in [2.45, 2.75) is 6.92 Å². The largest absolute Gasteiger partial charge is 0.466 e. The Morgan fingerprint density at radius 3 is 2.50 bits per heavy atom. The minimum absolute atomic E-state index is 0.225. The molecule has 0 fully saturated rings. The molecular weight excluding hydrogens is 308 g/mol. The lowest BCUT2D eigenvalue weighted by molar-refractivity contribution is -0.143. The first-order chi connectivity index (χ1) is 10.4. The summed E-state index contributed by atoms with van der Waals surface area (Å²) < 4.78 is 11.3. The van der Waals surface area contributed by atoms with E-state index >= 15 is 0 Å². The molecule has 2 aromatic rings. The van der Waals surface area contributed by atoms with Crippen LogP contribution in [0.2, 0.25) is 5.02 Å². The molecule has 1 heterocycles. The average molecular weight is 323 g/mol. The predicted octanol–water partition coefficient (Wildman–Crippen LogP) is 2.16. The van der Waals surface area contributed by atoms with Crippen molar-refractivity contribution < 1.29 is 19.1 Å². The Morgan fingerprint density at radius 2 is 1.91 bits per heavy atom. The summed E-state index contributed by atoms with van der Waals surface area (Å²) in [7, 11) is 2.90. The number of esters is 1. The number of methoxy groups -OCH3 is 1. The second-order valence-electron chi connectivity index (χ2n) is 4.59. The van der Waals surface area contributed by atoms with Crippen molar-refractivity contribution in [3.05, 3.63) is 46.1 Å². The van der Waals surface area contributed by atoms with Crippen LogP contribution < -0.4 is 4.74 Å². The van der Waals surface area contributed by atoms with E-state index in [-0.39, 0.29) is 18.3 Å². The van der Waals surface area contributed by atoms with Gasteiger partial charge in [-0.25, -0.2) is 9.48 Å². The van der Waals surface area contributed by atoms with Crippen molar-refractivity contribution in [3.63, 3.8) is 0 Å². The number of carbonyl (C=O) groups is 2. The highest BCUT2D eigenvalue weighted by Crippen LogP contribution is 2.25. The summed E-state index contributed by atoms with van der Waals surface area (Å²) in [4.78, 5) is 23.8. The number of aromatic nitrogens is 2. The quantitative estimate of drug-likeness (QED) is 0.623. The van der Waals surface area contributed by atoms with E-state index in [1.165, 1.54) is 11.8 Å². The molecule has 0 saturated heterocycles. The van der Waals surface area contributed by atoms with Gasteiger partial charge in [0.05, 0.1) is 12.8 Å². The van der Waals surface area contributed by atoms with E-state index in [2.05, 4.69) is 9.84 Å². The molecule has 6 nitrogen and oxygen atoms in total. The number of aryl methyl sites for hydroxylation is 2. The molecule has 0 bridgehead atoms. The van der Waals surface area contributed by atoms with Gasteiger partial charge >= 0.3 is 5.97 Å². The third kappa shape index (κ3) is 3.28. The third-order valence-electron chi connectivity index (χ3n) is 3.06. The molecule has 22 heavy (non-hydrogen) atoms. The van der Waals surface area contributed by atoms with Crippen LogP contribution in [0.25, 0.3) is 0 Å². The summed E-state index contributed by atoms with van der Waals surface area (Å²) in [5.41, 5.74) is 1.29. The molecule has 0 aliphatic rings. The zero-order valence-corrected chi connectivity index (χ0v) is 13.2. The maximum atomic E-state index is 12.6. The van der Waals surface area contributed by atoms with Gasteiger partial charge in [-0.05, 0) is 31.2 Å². The first-order valence-corrected chi connectivity index (χ1v) is 6.85. The molecule has 0 unspecified atom stereocenters. The molecule has 1 aromatic heterocycles. The highest BCUT2D eigenvalue weighted by atomic mass is 35.5. The number of ether oxygens (including phenoxy) is 2. The molecule has 116 valence electrons. The maximum Gasteiger partial charge on any atom is 0.343 e. The van der Waals surface area contributed by atoms with E-state index in [0.717, 1.165) is 0 Å². The molecule has 0 atom stereocenters. The lowest BCUT2D eigenvalue weighted by atomic mass is 10.0. The Morgan fingerprint density at radius 1 is 1.27 bits per heavy atom. The van der Waals surface area contributed by atoms with E-state index < -0.39 is 5.97 Å². The topological polar surface area (TPSA) is 70.4 Å². The van der Waals surface area contributed by atoms with Gasteiger partial charge < -0.3 is 9.47 Å². The Balaban J connectivity index is 2.35. The van der Waals surface area contributed by atoms with Crippen LogP contribution >= 0.6 is 11.6 Å². The molecule has 0 saturated carbocycles. The Bertz CT molecular complexity index is 707. The number of hydrogen-bond acceptors (Lipinski definition) is 5. The van der Waals surface area contributed by atoms with Crippen LogP contribution in [-0.2, 0) is 16.6 Å². The van der Waals surface area contributed by atoms with Crippen molar-refractivity contribution in [3.8, 4) is 5.88 Å². The second kappa shape index (κ2) is 6.62. The smallest absolute Gasteiger partial charge is 0.343 e. The lowest BCUT2D eigenvalue weighted by Gasteiger charge is -2.08. The molecule has 0 aliphatic carbocycles. The summed E-state index contributed by atoms with van der Waals surface area (Å²) in [5, 5.41) is 4.71. The second-order valence-corrected chi connectivity index (χ2v) is 5.03. The maximum absolute atomic E-state index is 12.6. The molecule has 1 aromatic carbocycles. The Kier molecular flexibility index (Phi) is 4.82. The van der Waals surface area contributed by atoms with Crippen molar-refractivity contribution in [2.24, 2.45) is 7.05 Å². The van der Waals surface area contributed by atoms with Gasteiger partial charge in [0.15, 0.2) is 12.4 Å². The number of benzene rings is 1. The predicted molar refractivity (Wildman–Crippen MR) is 80.3 cm³/mol. The molecule has 0 aliphatic heterocycles. The first-order valence-electron chi connectivity index (χ1n) is 6.47. The SMILES string of the molecule is COC(=O)COc1c(C(=O)c2ccc(Cl)cc2)c(C)nn1C. The number of nitrogens with zero attached hydrogens (tertiary/aromatic N) is 2. The van der Waals surface area contributed by atoms with Crippen molar-refractivity contribution >= 4 is 23.4 Å². The highest BCUT2D eigenvalue weighted by molar-refractivity contribution is 6.30. The zero-order chi connectivity index (χ0) is 16.3. The fourth-order valence-corrected chi connectivity index (χ4v) is 2.12. The van der Waals surface area contributed by atoms with Crippen LogP contribution in [0.15, 0.2) is 24.3 Å². The average Bonchev–Trinajstić information content (AvgIpc) is 2.78. The number of ketones is 1. The van der Waals surface area contributed by atoms with Crippen LogP contribution in [0, 0.1) is 6.92 Å². The fourth-order valence-electron chi connectivity index (χ4n) is 2.00. The van der Waals surface area contributed by atoms with Crippen molar-refractivity contribution in [1.29, 1.82) is 0 Å². The number of halogens is 1. The fraction of sp³-hybridized carbons (Fsp3) is 0.267. The summed E-state index contributed by atoms with van der Waals surface area (Å²) in [5.74, 6) is -0.561. The molecule has 0 amide bonds. The van der Waals surface area contributed by atoms with Gasteiger partial charge in [-0.15, -0.1) is 0 Å². The molecule has 0 N–H and O–H groups in total.